The molecule has 0 spiro atoms. The number of para-hydroxylation sites is 4. The maximum absolute atomic E-state index is 16.5. The van der Waals surface area contributed by atoms with Crippen molar-refractivity contribution in [1.29, 1.82) is 0 Å². The molecule has 5 nitrogen and oxygen atoms in total. The zero-order chi connectivity index (χ0) is 31.9. The zero-order valence-corrected chi connectivity index (χ0v) is 26.3. The van der Waals surface area contributed by atoms with Gasteiger partial charge >= 0.3 is 0 Å². The smallest absolute Gasteiger partial charge is 0.150 e. The molecule has 228 valence electrons. The molecule has 1 aliphatic heterocycles. The number of aryl methyl sites for hydroxylation is 1. The molecular formula is C41H31FN4O. The molecule has 0 fully saturated rings. The van der Waals surface area contributed by atoms with Crippen LogP contribution >= 0.6 is 0 Å². The average molecular weight is 615 g/mol. The molecule has 8 aromatic rings. The number of imidazole rings is 1. The zero-order valence-electron chi connectivity index (χ0n) is 26.3. The first kappa shape index (κ1) is 27.6. The number of benzene rings is 5. The summed E-state index contributed by atoms with van der Waals surface area (Å²) < 4.78 is 27.3. The van der Waals surface area contributed by atoms with Crippen molar-refractivity contribution >= 4 is 33.0 Å². The summed E-state index contributed by atoms with van der Waals surface area (Å²) in [5.41, 5.74) is 8.48. The molecular weight excluding hydrogens is 583 g/mol. The predicted molar refractivity (Wildman–Crippen MR) is 186 cm³/mol. The van der Waals surface area contributed by atoms with Crippen molar-refractivity contribution in [3.05, 3.63) is 150 Å². The number of aromatic nitrogens is 4. The largest absolute Gasteiger partial charge is 0.456 e. The van der Waals surface area contributed by atoms with Crippen LogP contribution in [0.4, 0.5) is 4.39 Å². The molecule has 0 amide bonds. The first-order chi connectivity index (χ1) is 22.9. The van der Waals surface area contributed by atoms with Crippen molar-refractivity contribution < 1.29 is 9.13 Å². The monoisotopic (exact) mass is 614 g/mol. The van der Waals surface area contributed by atoms with Gasteiger partial charge in [-0.15, -0.1) is 0 Å². The van der Waals surface area contributed by atoms with Crippen molar-refractivity contribution in [3.63, 3.8) is 0 Å². The minimum absolute atomic E-state index is 0.286. The standard InChI is InChI=1S/C41H31FN4O/c1-41(2)30-17-5-9-21-35(30)47-38-31(41)24-43-40-36(38)29-16-4-7-19-33(29)46(40)28-15-11-13-26(23-28)37(42)25-12-10-14-27(22-25)39-44-32-18-6-8-20-34(32)45(39)3/h4-24,37H,1-3H3. The van der Waals surface area contributed by atoms with Gasteiger partial charge in [0.25, 0.3) is 0 Å². The Bertz CT molecular complexity index is 2520. The van der Waals surface area contributed by atoms with Gasteiger partial charge in [-0.25, -0.2) is 14.4 Å². The first-order valence-corrected chi connectivity index (χ1v) is 15.9. The third-order valence-corrected chi connectivity index (χ3v) is 9.73. The lowest BCUT2D eigenvalue weighted by molar-refractivity contribution is 0.402. The quantitative estimate of drug-likeness (QED) is 0.198. The van der Waals surface area contributed by atoms with Gasteiger partial charge in [0.05, 0.1) is 21.9 Å². The van der Waals surface area contributed by atoms with Crippen molar-refractivity contribution in [3.8, 4) is 28.6 Å². The van der Waals surface area contributed by atoms with E-state index in [2.05, 4.69) is 47.2 Å². The van der Waals surface area contributed by atoms with E-state index in [1.807, 2.05) is 110 Å². The molecule has 0 saturated carbocycles. The van der Waals surface area contributed by atoms with Crippen LogP contribution in [0.15, 0.2) is 128 Å². The van der Waals surface area contributed by atoms with Crippen LogP contribution in [0.3, 0.4) is 0 Å². The second-order valence-electron chi connectivity index (χ2n) is 12.8. The molecule has 0 aliphatic carbocycles. The van der Waals surface area contributed by atoms with E-state index < -0.39 is 6.17 Å². The Morgan fingerprint density at radius 3 is 2.32 bits per heavy atom. The minimum Gasteiger partial charge on any atom is -0.456 e. The number of rotatable bonds is 4. The van der Waals surface area contributed by atoms with Crippen molar-refractivity contribution in [2.45, 2.75) is 25.4 Å². The van der Waals surface area contributed by atoms with Gasteiger partial charge in [-0.05, 0) is 53.6 Å². The molecule has 0 radical (unpaired) electrons. The molecule has 3 aromatic heterocycles. The predicted octanol–water partition coefficient (Wildman–Crippen LogP) is 10.2. The molecule has 1 aliphatic rings. The minimum atomic E-state index is -1.33. The van der Waals surface area contributed by atoms with Crippen LogP contribution < -0.4 is 4.74 Å². The maximum Gasteiger partial charge on any atom is 0.150 e. The lowest BCUT2D eigenvalue weighted by Gasteiger charge is -2.34. The Hall–Kier alpha value is -5.75. The normalized spacial score (nSPS) is 14.2. The van der Waals surface area contributed by atoms with E-state index in [9.17, 15) is 0 Å². The van der Waals surface area contributed by atoms with Crippen LogP contribution in [0, 0.1) is 0 Å². The van der Waals surface area contributed by atoms with Gasteiger partial charge in [0.15, 0.2) is 6.17 Å². The lowest BCUT2D eigenvalue weighted by Crippen LogP contribution is -2.24. The van der Waals surface area contributed by atoms with Crippen molar-refractivity contribution in [1.82, 2.24) is 19.1 Å². The highest BCUT2D eigenvalue weighted by Crippen LogP contribution is 2.51. The van der Waals surface area contributed by atoms with E-state index in [4.69, 9.17) is 14.7 Å². The summed E-state index contributed by atoms with van der Waals surface area (Å²) in [5, 5.41) is 2.00. The fraction of sp³-hybridized carbons (Fsp3) is 0.122. The number of ether oxygens (including phenoxy) is 1. The summed E-state index contributed by atoms with van der Waals surface area (Å²) in [7, 11) is 2.00. The second-order valence-corrected chi connectivity index (χ2v) is 12.8. The summed E-state index contributed by atoms with van der Waals surface area (Å²) in [6.45, 7) is 4.44. The number of pyridine rings is 1. The van der Waals surface area contributed by atoms with Crippen LogP contribution in [0.5, 0.6) is 11.5 Å². The molecule has 1 atom stereocenters. The maximum atomic E-state index is 16.5. The van der Waals surface area contributed by atoms with E-state index in [0.29, 0.717) is 11.1 Å². The van der Waals surface area contributed by atoms with Gasteiger partial charge in [-0.1, -0.05) is 92.7 Å². The number of alkyl halides is 1. The molecule has 0 saturated heterocycles. The number of fused-ring (bicyclic) bond motifs is 7. The Kier molecular flexibility index (Phi) is 5.94. The summed E-state index contributed by atoms with van der Waals surface area (Å²) in [5.74, 6) is 2.49. The second kappa shape index (κ2) is 10.1. The molecule has 9 rings (SSSR count). The van der Waals surface area contributed by atoms with Crippen LogP contribution in [-0.4, -0.2) is 19.1 Å². The van der Waals surface area contributed by atoms with E-state index in [1.165, 1.54) is 0 Å². The third kappa shape index (κ3) is 4.07. The van der Waals surface area contributed by atoms with Gasteiger partial charge in [0, 0.05) is 46.4 Å². The molecule has 0 N–H and O–H groups in total. The molecule has 4 heterocycles. The Morgan fingerprint density at radius 1 is 0.745 bits per heavy atom. The fourth-order valence-corrected chi connectivity index (χ4v) is 7.28. The summed E-state index contributed by atoms with van der Waals surface area (Å²) in [4.78, 5) is 9.89. The molecule has 1 unspecified atom stereocenters. The van der Waals surface area contributed by atoms with Crippen LogP contribution in [-0.2, 0) is 12.5 Å². The number of halogens is 1. The average Bonchev–Trinajstić information content (AvgIpc) is 3.63. The highest BCUT2D eigenvalue weighted by Gasteiger charge is 2.36. The summed E-state index contributed by atoms with van der Waals surface area (Å²) in [6, 6.07) is 39.9. The van der Waals surface area contributed by atoms with Gasteiger partial charge in [-0.3, -0.25) is 4.57 Å². The third-order valence-electron chi connectivity index (χ3n) is 9.73. The highest BCUT2D eigenvalue weighted by atomic mass is 19.1. The van der Waals surface area contributed by atoms with Gasteiger partial charge in [-0.2, -0.15) is 0 Å². The SMILES string of the molecule is Cn1c(-c2cccc(C(F)c3cccc(-n4c5ccccc5c5c6c(cnc54)C(C)(C)c4ccccc4O6)c3)c2)nc2ccccc21. The topological polar surface area (TPSA) is 44.9 Å². The molecule has 47 heavy (non-hydrogen) atoms. The van der Waals surface area contributed by atoms with Gasteiger partial charge < -0.3 is 9.30 Å². The number of hydrogen-bond donors (Lipinski definition) is 0. The van der Waals surface area contributed by atoms with E-state index in [1.54, 1.807) is 0 Å². The Balaban J connectivity index is 1.16. The fourth-order valence-electron chi connectivity index (χ4n) is 7.28. The molecule has 0 bridgehead atoms. The Morgan fingerprint density at radius 2 is 1.47 bits per heavy atom. The van der Waals surface area contributed by atoms with Crippen molar-refractivity contribution in [2.24, 2.45) is 7.05 Å². The van der Waals surface area contributed by atoms with E-state index in [-0.39, 0.29) is 5.41 Å². The van der Waals surface area contributed by atoms with Crippen LogP contribution in [0.2, 0.25) is 0 Å². The number of hydrogen-bond acceptors (Lipinski definition) is 3. The number of nitrogens with zero attached hydrogens (tertiary/aromatic N) is 4. The Labute approximate surface area is 271 Å². The van der Waals surface area contributed by atoms with Gasteiger partial charge in [0.2, 0.25) is 0 Å². The van der Waals surface area contributed by atoms with Gasteiger partial charge in [0.1, 0.15) is 23.0 Å². The van der Waals surface area contributed by atoms with Crippen molar-refractivity contribution in [2.75, 3.05) is 0 Å². The molecule has 5 aromatic carbocycles. The van der Waals surface area contributed by atoms with E-state index >= 15 is 4.39 Å². The highest BCUT2D eigenvalue weighted by molar-refractivity contribution is 6.11. The van der Waals surface area contributed by atoms with E-state index in [0.717, 1.165) is 72.7 Å². The first-order valence-electron chi connectivity index (χ1n) is 15.9. The summed E-state index contributed by atoms with van der Waals surface area (Å²) >= 11 is 0. The summed E-state index contributed by atoms with van der Waals surface area (Å²) in [6.07, 6.45) is 0.608. The van der Waals surface area contributed by atoms with Crippen LogP contribution in [0.1, 0.15) is 42.3 Å². The molecule has 6 heteroatoms. The lowest BCUT2D eigenvalue weighted by atomic mass is 9.76. The van der Waals surface area contributed by atoms with Crippen LogP contribution in [0.25, 0.3) is 50.0 Å².